The van der Waals surface area contributed by atoms with E-state index in [1.54, 1.807) is 22.8 Å². The number of nitrogens with zero attached hydrogens (tertiary/aromatic N) is 2. The highest BCUT2D eigenvalue weighted by Crippen LogP contribution is 2.25. The van der Waals surface area contributed by atoms with E-state index in [1.165, 1.54) is 11.8 Å². The van der Waals surface area contributed by atoms with Gasteiger partial charge >= 0.3 is 0 Å². The molecule has 6 nitrogen and oxygen atoms in total. The standard InChI is InChI=1S/C24H26ClN3O3S/c1-2-11-26-22(29)17-7-10-20-21(13-17)27-24(32-15-16-5-8-18(25)9-6-16)28(23(20)30)14-19-4-3-12-31-19/h5-10,13,19H,2-4,11-12,14-15H2,1H3,(H,26,29)/t19-/m1/s1. The number of hydrogen-bond acceptors (Lipinski definition) is 5. The van der Waals surface area contributed by atoms with Gasteiger partial charge in [0.05, 0.1) is 23.6 Å². The summed E-state index contributed by atoms with van der Waals surface area (Å²) >= 11 is 7.50. The van der Waals surface area contributed by atoms with E-state index < -0.39 is 0 Å². The minimum Gasteiger partial charge on any atom is -0.376 e. The van der Waals surface area contributed by atoms with Gasteiger partial charge in [-0.05, 0) is 55.2 Å². The van der Waals surface area contributed by atoms with Crippen molar-refractivity contribution in [3.63, 3.8) is 0 Å². The smallest absolute Gasteiger partial charge is 0.262 e. The Hall–Kier alpha value is -2.35. The molecular formula is C24H26ClN3O3S. The molecule has 0 bridgehead atoms. The van der Waals surface area contributed by atoms with Crippen LogP contribution in [-0.4, -0.2) is 34.7 Å². The van der Waals surface area contributed by atoms with Crippen molar-refractivity contribution in [2.45, 2.75) is 49.7 Å². The minimum absolute atomic E-state index is 0.0147. The Kier molecular flexibility index (Phi) is 7.50. The van der Waals surface area contributed by atoms with Gasteiger partial charge in [-0.2, -0.15) is 0 Å². The number of nitrogens with one attached hydrogen (secondary N) is 1. The number of ether oxygens (including phenoxy) is 1. The predicted octanol–water partition coefficient (Wildman–Crippen LogP) is 4.66. The largest absolute Gasteiger partial charge is 0.376 e. The number of benzene rings is 2. The van der Waals surface area contributed by atoms with E-state index in [0.29, 0.717) is 45.5 Å². The molecule has 1 fully saturated rings. The average molecular weight is 472 g/mol. The fourth-order valence-electron chi connectivity index (χ4n) is 3.67. The van der Waals surface area contributed by atoms with E-state index in [1.807, 2.05) is 31.2 Å². The first kappa shape index (κ1) is 22.8. The van der Waals surface area contributed by atoms with Crippen LogP contribution in [0.5, 0.6) is 0 Å². The summed E-state index contributed by atoms with van der Waals surface area (Å²) in [6.45, 7) is 3.81. The van der Waals surface area contributed by atoms with Crippen molar-refractivity contribution < 1.29 is 9.53 Å². The molecule has 0 aliphatic carbocycles. The molecule has 2 heterocycles. The molecule has 0 saturated carbocycles. The zero-order valence-corrected chi connectivity index (χ0v) is 19.5. The lowest BCUT2D eigenvalue weighted by Crippen LogP contribution is -2.29. The van der Waals surface area contributed by atoms with E-state index in [2.05, 4.69) is 5.32 Å². The molecule has 8 heteroatoms. The van der Waals surface area contributed by atoms with Gasteiger partial charge in [0.15, 0.2) is 5.16 Å². The van der Waals surface area contributed by atoms with Gasteiger partial charge in [0.2, 0.25) is 0 Å². The number of carbonyl (C=O) groups is 1. The lowest BCUT2D eigenvalue weighted by Gasteiger charge is -2.17. The molecule has 1 aliphatic rings. The van der Waals surface area contributed by atoms with Crippen molar-refractivity contribution in [2.24, 2.45) is 0 Å². The molecule has 1 saturated heterocycles. The molecule has 4 rings (SSSR count). The Bertz CT molecular complexity index is 1160. The molecule has 0 unspecified atom stereocenters. The minimum atomic E-state index is -0.158. The van der Waals surface area contributed by atoms with Crippen molar-refractivity contribution in [3.8, 4) is 0 Å². The fraction of sp³-hybridized carbons (Fsp3) is 0.375. The Labute approximate surface area is 196 Å². The van der Waals surface area contributed by atoms with Crippen LogP contribution in [0.4, 0.5) is 0 Å². The van der Waals surface area contributed by atoms with Gasteiger partial charge in [0.25, 0.3) is 11.5 Å². The molecule has 1 N–H and O–H groups in total. The van der Waals surface area contributed by atoms with Crippen LogP contribution in [0.1, 0.15) is 42.1 Å². The third-order valence-electron chi connectivity index (χ3n) is 5.41. The number of amides is 1. The van der Waals surface area contributed by atoms with Crippen molar-refractivity contribution >= 4 is 40.2 Å². The monoisotopic (exact) mass is 471 g/mol. The summed E-state index contributed by atoms with van der Waals surface area (Å²) in [6.07, 6.45) is 2.81. The Morgan fingerprint density at radius 2 is 2.09 bits per heavy atom. The molecule has 2 aromatic carbocycles. The van der Waals surface area contributed by atoms with Crippen LogP contribution in [-0.2, 0) is 17.0 Å². The van der Waals surface area contributed by atoms with Crippen LogP contribution in [0.25, 0.3) is 10.9 Å². The van der Waals surface area contributed by atoms with Gasteiger partial charge in [-0.25, -0.2) is 4.98 Å². The summed E-state index contributed by atoms with van der Waals surface area (Å²) in [7, 11) is 0. The normalized spacial score (nSPS) is 15.9. The van der Waals surface area contributed by atoms with Crippen LogP contribution < -0.4 is 10.9 Å². The zero-order valence-electron chi connectivity index (χ0n) is 18.0. The summed E-state index contributed by atoms with van der Waals surface area (Å²) in [5.74, 6) is 0.492. The third-order valence-corrected chi connectivity index (χ3v) is 6.71. The summed E-state index contributed by atoms with van der Waals surface area (Å²) in [6, 6.07) is 12.7. The van der Waals surface area contributed by atoms with Gasteiger partial charge in [0.1, 0.15) is 0 Å². The number of rotatable bonds is 8. The first-order valence-corrected chi connectivity index (χ1v) is 12.2. The van der Waals surface area contributed by atoms with Gasteiger partial charge in [-0.3, -0.25) is 14.2 Å². The van der Waals surface area contributed by atoms with Gasteiger partial charge in [-0.1, -0.05) is 42.4 Å². The quantitative estimate of drug-likeness (QED) is 0.382. The van der Waals surface area contributed by atoms with Crippen molar-refractivity contribution in [1.82, 2.24) is 14.9 Å². The van der Waals surface area contributed by atoms with Crippen molar-refractivity contribution in [2.75, 3.05) is 13.2 Å². The number of aromatic nitrogens is 2. The van der Waals surface area contributed by atoms with Crippen LogP contribution >= 0.6 is 23.4 Å². The molecule has 168 valence electrons. The molecule has 1 aliphatic heterocycles. The number of fused-ring (bicyclic) bond motifs is 1. The highest BCUT2D eigenvalue weighted by molar-refractivity contribution is 7.98. The maximum absolute atomic E-state index is 13.4. The maximum atomic E-state index is 13.4. The van der Waals surface area contributed by atoms with E-state index >= 15 is 0 Å². The lowest BCUT2D eigenvalue weighted by atomic mass is 10.1. The predicted molar refractivity (Wildman–Crippen MR) is 129 cm³/mol. The van der Waals surface area contributed by atoms with Crippen molar-refractivity contribution in [3.05, 3.63) is 69.0 Å². The third kappa shape index (κ3) is 5.34. The average Bonchev–Trinajstić information content (AvgIpc) is 3.32. The van der Waals surface area contributed by atoms with Gasteiger partial charge in [-0.15, -0.1) is 0 Å². The topological polar surface area (TPSA) is 73.2 Å². The van der Waals surface area contributed by atoms with Crippen LogP contribution in [0, 0.1) is 0 Å². The van der Waals surface area contributed by atoms with Gasteiger partial charge in [0, 0.05) is 29.5 Å². The highest BCUT2D eigenvalue weighted by atomic mass is 35.5. The van der Waals surface area contributed by atoms with Crippen molar-refractivity contribution in [1.29, 1.82) is 0 Å². The Morgan fingerprint density at radius 1 is 1.28 bits per heavy atom. The summed E-state index contributed by atoms with van der Waals surface area (Å²) < 4.78 is 7.50. The molecule has 0 spiro atoms. The second-order valence-electron chi connectivity index (χ2n) is 7.85. The number of halogens is 1. The zero-order chi connectivity index (χ0) is 22.5. The molecule has 0 radical (unpaired) electrons. The summed E-state index contributed by atoms with van der Waals surface area (Å²) in [5.41, 5.74) is 2.01. The number of thioether (sulfide) groups is 1. The molecule has 1 aromatic heterocycles. The Morgan fingerprint density at radius 3 is 2.81 bits per heavy atom. The van der Waals surface area contributed by atoms with E-state index in [4.69, 9.17) is 21.3 Å². The number of carbonyl (C=O) groups excluding carboxylic acids is 1. The first-order valence-electron chi connectivity index (χ1n) is 10.9. The second-order valence-corrected chi connectivity index (χ2v) is 9.23. The van der Waals surface area contributed by atoms with E-state index in [0.717, 1.165) is 31.4 Å². The summed E-state index contributed by atoms with van der Waals surface area (Å²) in [5, 5.41) is 4.69. The first-order chi connectivity index (χ1) is 15.5. The van der Waals surface area contributed by atoms with Crippen LogP contribution in [0.3, 0.4) is 0 Å². The molecular weight excluding hydrogens is 446 g/mol. The van der Waals surface area contributed by atoms with E-state index in [-0.39, 0.29) is 17.6 Å². The molecule has 1 atom stereocenters. The number of hydrogen-bond donors (Lipinski definition) is 1. The maximum Gasteiger partial charge on any atom is 0.262 e. The SMILES string of the molecule is CCCNC(=O)c1ccc2c(=O)n(C[C@H]3CCCO3)c(SCc3ccc(Cl)cc3)nc2c1. The highest BCUT2D eigenvalue weighted by Gasteiger charge is 2.21. The molecule has 3 aromatic rings. The van der Waals surface area contributed by atoms with Gasteiger partial charge < -0.3 is 10.1 Å². The van der Waals surface area contributed by atoms with Crippen LogP contribution in [0.15, 0.2) is 52.4 Å². The van der Waals surface area contributed by atoms with Crippen LogP contribution in [0.2, 0.25) is 5.02 Å². The second kappa shape index (κ2) is 10.5. The lowest BCUT2D eigenvalue weighted by molar-refractivity contribution is 0.0937. The van der Waals surface area contributed by atoms with E-state index in [9.17, 15) is 9.59 Å². The molecule has 32 heavy (non-hydrogen) atoms. The fourth-order valence-corrected chi connectivity index (χ4v) is 4.76. The molecule has 1 amide bonds. The summed E-state index contributed by atoms with van der Waals surface area (Å²) in [4.78, 5) is 30.6. The Balaban J connectivity index is 1.69.